The van der Waals surface area contributed by atoms with Crippen molar-refractivity contribution in [1.29, 1.82) is 0 Å². The number of nitrogens with one attached hydrogen (secondary N) is 1. The largest absolute Gasteiger partial charge is 0.332 e. The van der Waals surface area contributed by atoms with Gasteiger partial charge in [0.05, 0.1) is 31.0 Å². The normalized spacial score (nSPS) is 19.8. The third-order valence-corrected chi connectivity index (χ3v) is 7.39. The number of nitrogens with zero attached hydrogens (tertiary/aromatic N) is 3. The number of benzene rings is 1. The zero-order chi connectivity index (χ0) is 22.2. The van der Waals surface area contributed by atoms with Crippen LogP contribution in [0.1, 0.15) is 53.5 Å². The van der Waals surface area contributed by atoms with Crippen LogP contribution in [0.15, 0.2) is 29.1 Å². The van der Waals surface area contributed by atoms with Crippen molar-refractivity contribution >= 4 is 15.9 Å². The summed E-state index contributed by atoms with van der Waals surface area (Å²) in [5.41, 5.74) is 2.90. The van der Waals surface area contributed by atoms with E-state index in [1.165, 1.54) is 10.6 Å². The maximum Gasteiger partial charge on any atom is 0.254 e. The average molecular weight is 445 g/mol. The van der Waals surface area contributed by atoms with Gasteiger partial charge in [0.15, 0.2) is 0 Å². The first-order valence-corrected chi connectivity index (χ1v) is 12.5. The Morgan fingerprint density at radius 2 is 1.94 bits per heavy atom. The lowest BCUT2D eigenvalue weighted by atomic mass is 9.99. The van der Waals surface area contributed by atoms with Gasteiger partial charge in [-0.3, -0.25) is 9.59 Å². The van der Waals surface area contributed by atoms with E-state index in [9.17, 15) is 18.0 Å². The maximum absolute atomic E-state index is 13.1. The molecule has 1 amide bonds. The minimum absolute atomic E-state index is 0.00619. The quantitative estimate of drug-likeness (QED) is 0.773. The summed E-state index contributed by atoms with van der Waals surface area (Å²) in [4.78, 5) is 35.2. The number of aryl methyl sites for hydroxylation is 1. The number of rotatable bonds is 4. The van der Waals surface area contributed by atoms with Crippen molar-refractivity contribution in [3.63, 3.8) is 0 Å². The Labute approximate surface area is 182 Å². The lowest BCUT2D eigenvalue weighted by Gasteiger charge is -2.36. The molecule has 1 atom stereocenters. The fourth-order valence-corrected chi connectivity index (χ4v) is 5.15. The lowest BCUT2D eigenvalue weighted by molar-refractivity contribution is -0.134. The van der Waals surface area contributed by atoms with Crippen molar-refractivity contribution < 1.29 is 13.2 Å². The molecule has 1 aromatic carbocycles. The van der Waals surface area contributed by atoms with Crippen molar-refractivity contribution in [2.75, 3.05) is 19.3 Å². The number of hydrogen-bond donors (Lipinski definition) is 1. The molecule has 1 fully saturated rings. The molecule has 1 saturated heterocycles. The summed E-state index contributed by atoms with van der Waals surface area (Å²) >= 11 is 0. The van der Waals surface area contributed by atoms with E-state index < -0.39 is 10.0 Å². The van der Waals surface area contributed by atoms with Gasteiger partial charge in [-0.25, -0.2) is 13.4 Å². The van der Waals surface area contributed by atoms with E-state index >= 15 is 0 Å². The van der Waals surface area contributed by atoms with E-state index in [4.69, 9.17) is 0 Å². The second kappa shape index (κ2) is 8.55. The molecule has 166 valence electrons. The number of fused-ring (bicyclic) bond motifs is 1. The number of sulfonamides is 1. The molecule has 3 heterocycles. The van der Waals surface area contributed by atoms with Gasteiger partial charge in [0, 0.05) is 18.7 Å². The molecule has 0 bridgehead atoms. The van der Waals surface area contributed by atoms with Crippen LogP contribution in [0, 0.1) is 6.92 Å². The minimum Gasteiger partial charge on any atom is -0.332 e. The number of amides is 1. The predicted molar refractivity (Wildman–Crippen MR) is 117 cm³/mol. The van der Waals surface area contributed by atoms with Gasteiger partial charge in [-0.15, -0.1) is 0 Å². The van der Waals surface area contributed by atoms with Gasteiger partial charge in [0.2, 0.25) is 15.9 Å². The standard InChI is InChI=1S/C22H28N4O4S/c1-15-6-8-16(9-7-15)13-20(27)26-11-4-3-5-19(26)21-23-18-14-25(31(2,29)30)12-10-17(18)22(28)24-21/h6-9,19H,3-5,10-14H2,1-2H3,(H,23,24,28)/t19-/m0/s1. The molecule has 2 aliphatic rings. The second-order valence-electron chi connectivity index (χ2n) is 8.48. The van der Waals surface area contributed by atoms with E-state index in [2.05, 4.69) is 9.97 Å². The molecule has 0 aliphatic carbocycles. The Hall–Kier alpha value is -2.52. The van der Waals surface area contributed by atoms with Crippen LogP contribution in [-0.2, 0) is 34.2 Å². The number of aromatic amines is 1. The first kappa shape index (κ1) is 21.7. The summed E-state index contributed by atoms with van der Waals surface area (Å²) in [5.74, 6) is 0.461. The number of likely N-dealkylation sites (tertiary alicyclic amines) is 1. The Balaban J connectivity index is 1.61. The monoisotopic (exact) mass is 444 g/mol. The highest BCUT2D eigenvalue weighted by atomic mass is 32.2. The number of carbonyl (C=O) groups is 1. The highest BCUT2D eigenvalue weighted by Crippen LogP contribution is 2.30. The third-order valence-electron chi connectivity index (χ3n) is 6.14. The van der Waals surface area contributed by atoms with E-state index in [0.717, 1.165) is 30.4 Å². The van der Waals surface area contributed by atoms with Crippen LogP contribution in [0.4, 0.5) is 0 Å². The van der Waals surface area contributed by atoms with Gasteiger partial charge in [-0.05, 0) is 38.2 Å². The molecule has 4 rings (SSSR count). The number of H-pyrrole nitrogens is 1. The minimum atomic E-state index is -3.36. The van der Waals surface area contributed by atoms with Crippen molar-refractivity contribution in [2.45, 2.75) is 51.6 Å². The number of hydrogen-bond acceptors (Lipinski definition) is 5. The maximum atomic E-state index is 13.1. The number of piperidine rings is 1. The Morgan fingerprint density at radius 1 is 1.19 bits per heavy atom. The number of aromatic nitrogens is 2. The molecule has 31 heavy (non-hydrogen) atoms. The fourth-order valence-electron chi connectivity index (χ4n) is 4.37. The van der Waals surface area contributed by atoms with E-state index in [1.54, 1.807) is 0 Å². The molecule has 0 radical (unpaired) electrons. The van der Waals surface area contributed by atoms with Crippen LogP contribution >= 0.6 is 0 Å². The van der Waals surface area contributed by atoms with E-state index in [-0.39, 0.29) is 30.6 Å². The SMILES string of the molecule is Cc1ccc(CC(=O)N2CCCC[C@H]2c2nc3c(c(=O)[nH]2)CCN(S(C)(=O)=O)C3)cc1. The summed E-state index contributed by atoms with van der Waals surface area (Å²) in [7, 11) is -3.36. The molecule has 0 saturated carbocycles. The van der Waals surface area contributed by atoms with Crippen LogP contribution in [0.25, 0.3) is 0 Å². The van der Waals surface area contributed by atoms with Crippen LogP contribution in [0.5, 0.6) is 0 Å². The lowest BCUT2D eigenvalue weighted by Crippen LogP contribution is -2.42. The molecule has 8 nitrogen and oxygen atoms in total. The predicted octanol–water partition coefficient (Wildman–Crippen LogP) is 1.69. The average Bonchev–Trinajstić information content (AvgIpc) is 2.74. The first-order chi connectivity index (χ1) is 14.7. The zero-order valence-electron chi connectivity index (χ0n) is 17.9. The topological polar surface area (TPSA) is 103 Å². The summed E-state index contributed by atoms with van der Waals surface area (Å²) in [6.45, 7) is 3.00. The second-order valence-corrected chi connectivity index (χ2v) is 10.5. The van der Waals surface area contributed by atoms with Gasteiger partial charge in [-0.1, -0.05) is 29.8 Å². The van der Waals surface area contributed by atoms with E-state index in [1.807, 2.05) is 36.1 Å². The van der Waals surface area contributed by atoms with Gasteiger partial charge >= 0.3 is 0 Å². The van der Waals surface area contributed by atoms with Crippen LogP contribution in [-0.4, -0.2) is 52.8 Å². The van der Waals surface area contributed by atoms with Crippen LogP contribution in [0.3, 0.4) is 0 Å². The molecule has 1 aromatic heterocycles. The third kappa shape index (κ3) is 4.72. The summed E-state index contributed by atoms with van der Waals surface area (Å²) in [5, 5.41) is 0. The van der Waals surface area contributed by atoms with Gasteiger partial charge in [0.25, 0.3) is 5.56 Å². The number of carbonyl (C=O) groups excluding carboxylic acids is 1. The zero-order valence-corrected chi connectivity index (χ0v) is 18.7. The molecule has 1 N–H and O–H groups in total. The van der Waals surface area contributed by atoms with Crippen molar-refractivity contribution in [3.05, 3.63) is 62.8 Å². The van der Waals surface area contributed by atoms with Gasteiger partial charge in [0.1, 0.15) is 5.82 Å². The molecular formula is C22H28N4O4S. The van der Waals surface area contributed by atoms with Crippen molar-refractivity contribution in [2.24, 2.45) is 0 Å². The molecule has 9 heteroatoms. The van der Waals surface area contributed by atoms with Crippen molar-refractivity contribution in [3.8, 4) is 0 Å². The van der Waals surface area contributed by atoms with Gasteiger partial charge < -0.3 is 9.88 Å². The first-order valence-electron chi connectivity index (χ1n) is 10.6. The summed E-state index contributed by atoms with van der Waals surface area (Å²) in [6.07, 6.45) is 4.37. The molecule has 2 aromatic rings. The van der Waals surface area contributed by atoms with E-state index in [0.29, 0.717) is 36.5 Å². The highest BCUT2D eigenvalue weighted by molar-refractivity contribution is 7.88. The van der Waals surface area contributed by atoms with Gasteiger partial charge in [-0.2, -0.15) is 4.31 Å². The fraction of sp³-hybridized carbons (Fsp3) is 0.500. The molecular weight excluding hydrogens is 416 g/mol. The smallest absolute Gasteiger partial charge is 0.254 e. The molecule has 0 spiro atoms. The van der Waals surface area contributed by atoms with Crippen molar-refractivity contribution in [1.82, 2.24) is 19.2 Å². The van der Waals surface area contributed by atoms with Crippen LogP contribution < -0.4 is 5.56 Å². The Morgan fingerprint density at radius 3 is 2.65 bits per heavy atom. The van der Waals surface area contributed by atoms with Crippen LogP contribution in [0.2, 0.25) is 0 Å². The Kier molecular flexibility index (Phi) is 5.98. The molecule has 2 aliphatic heterocycles. The summed E-state index contributed by atoms with van der Waals surface area (Å²) < 4.78 is 25.3. The molecule has 0 unspecified atom stereocenters. The summed E-state index contributed by atoms with van der Waals surface area (Å²) in [6, 6.07) is 7.60. The highest BCUT2D eigenvalue weighted by Gasteiger charge is 2.32. The Bertz CT molecular complexity index is 1140.